The molecule has 1 nitrogen and oxygen atoms in total. The summed E-state index contributed by atoms with van der Waals surface area (Å²) >= 11 is 0. The average molecular weight is 200 g/mol. The Morgan fingerprint density at radius 1 is 1.20 bits per heavy atom. The Morgan fingerprint density at radius 2 is 2.00 bits per heavy atom. The van der Waals surface area contributed by atoms with E-state index in [1.165, 1.54) is 5.56 Å². The van der Waals surface area contributed by atoms with E-state index in [2.05, 4.69) is 24.0 Å². The summed E-state index contributed by atoms with van der Waals surface area (Å²) in [5.74, 6) is 6.56. The molecule has 2 atom stereocenters. The Bertz CT molecular complexity index is 358. The smallest absolute Gasteiger partial charge is 0.0677 e. The standard InChI is InChI=1S/C14H16O/c15-14-11-5-10-13(14)9-4-8-12-6-2-1-3-7-12/h1-3,6-7,13-15H,5,8,10-11H2/t13-,14-/m1/s1. The lowest BCUT2D eigenvalue weighted by Crippen LogP contribution is -2.10. The van der Waals surface area contributed by atoms with Crippen molar-refractivity contribution in [3.05, 3.63) is 35.9 Å². The van der Waals surface area contributed by atoms with Crippen molar-refractivity contribution in [3.63, 3.8) is 0 Å². The largest absolute Gasteiger partial charge is 0.392 e. The van der Waals surface area contributed by atoms with Crippen molar-refractivity contribution >= 4 is 0 Å². The van der Waals surface area contributed by atoms with Crippen molar-refractivity contribution < 1.29 is 5.11 Å². The summed E-state index contributed by atoms with van der Waals surface area (Å²) in [6, 6.07) is 10.2. The molecule has 0 radical (unpaired) electrons. The highest BCUT2D eigenvalue weighted by Crippen LogP contribution is 2.24. The van der Waals surface area contributed by atoms with Gasteiger partial charge in [0.1, 0.15) is 0 Å². The molecular formula is C14H16O. The van der Waals surface area contributed by atoms with Gasteiger partial charge in [-0.2, -0.15) is 0 Å². The van der Waals surface area contributed by atoms with Crippen molar-refractivity contribution in [1.29, 1.82) is 0 Å². The van der Waals surface area contributed by atoms with Crippen LogP contribution in [0.1, 0.15) is 24.8 Å². The number of aliphatic hydroxyl groups is 1. The first-order valence-electron chi connectivity index (χ1n) is 5.56. The maximum absolute atomic E-state index is 9.58. The van der Waals surface area contributed by atoms with E-state index in [9.17, 15) is 5.11 Å². The van der Waals surface area contributed by atoms with Gasteiger partial charge in [0, 0.05) is 12.3 Å². The maximum Gasteiger partial charge on any atom is 0.0677 e. The minimum Gasteiger partial charge on any atom is -0.392 e. The van der Waals surface area contributed by atoms with Gasteiger partial charge < -0.3 is 5.11 Å². The van der Waals surface area contributed by atoms with Crippen LogP contribution in [0.15, 0.2) is 30.3 Å². The van der Waals surface area contributed by atoms with Crippen LogP contribution in [0.4, 0.5) is 0 Å². The van der Waals surface area contributed by atoms with Crippen molar-refractivity contribution in [3.8, 4) is 11.8 Å². The molecule has 1 aromatic carbocycles. The third-order valence-electron chi connectivity index (χ3n) is 2.90. The van der Waals surface area contributed by atoms with E-state index in [0.717, 1.165) is 25.7 Å². The Kier molecular flexibility index (Phi) is 3.42. The van der Waals surface area contributed by atoms with Crippen LogP contribution < -0.4 is 0 Å². The van der Waals surface area contributed by atoms with Gasteiger partial charge in [-0.3, -0.25) is 0 Å². The molecule has 1 heteroatoms. The van der Waals surface area contributed by atoms with E-state index in [1.807, 2.05) is 18.2 Å². The minimum atomic E-state index is -0.187. The second-order valence-electron chi connectivity index (χ2n) is 4.09. The first kappa shape index (κ1) is 10.3. The Labute approximate surface area is 91.1 Å². The summed E-state index contributed by atoms with van der Waals surface area (Å²) in [5, 5.41) is 9.58. The molecule has 0 saturated heterocycles. The summed E-state index contributed by atoms with van der Waals surface area (Å²) in [6.45, 7) is 0. The molecule has 0 amide bonds. The summed E-state index contributed by atoms with van der Waals surface area (Å²) in [6.07, 6.45) is 3.71. The van der Waals surface area contributed by atoms with Gasteiger partial charge in [0.05, 0.1) is 6.10 Å². The first-order valence-corrected chi connectivity index (χ1v) is 5.56. The van der Waals surface area contributed by atoms with Crippen LogP contribution in [0.2, 0.25) is 0 Å². The molecule has 0 aliphatic heterocycles. The molecule has 15 heavy (non-hydrogen) atoms. The highest BCUT2D eigenvalue weighted by molar-refractivity contribution is 5.21. The molecule has 1 aliphatic carbocycles. The Hall–Kier alpha value is -1.26. The molecule has 1 N–H and O–H groups in total. The molecular weight excluding hydrogens is 184 g/mol. The topological polar surface area (TPSA) is 20.2 Å². The van der Waals surface area contributed by atoms with Crippen molar-refractivity contribution in [2.75, 3.05) is 0 Å². The van der Waals surface area contributed by atoms with Crippen molar-refractivity contribution in [1.82, 2.24) is 0 Å². The predicted octanol–water partition coefficient (Wildman–Crippen LogP) is 2.39. The van der Waals surface area contributed by atoms with E-state index >= 15 is 0 Å². The molecule has 78 valence electrons. The van der Waals surface area contributed by atoms with Gasteiger partial charge >= 0.3 is 0 Å². The molecule has 0 aromatic heterocycles. The van der Waals surface area contributed by atoms with Crippen LogP contribution in [0.3, 0.4) is 0 Å². The summed E-state index contributed by atoms with van der Waals surface area (Å²) < 4.78 is 0. The normalized spacial score (nSPS) is 24.6. The second kappa shape index (κ2) is 5.00. The number of aliphatic hydroxyl groups excluding tert-OH is 1. The van der Waals surface area contributed by atoms with Crippen molar-refractivity contribution in [2.45, 2.75) is 31.8 Å². The van der Waals surface area contributed by atoms with Crippen LogP contribution in [0, 0.1) is 17.8 Å². The zero-order valence-corrected chi connectivity index (χ0v) is 8.82. The van der Waals surface area contributed by atoms with Crippen molar-refractivity contribution in [2.24, 2.45) is 5.92 Å². The van der Waals surface area contributed by atoms with Crippen LogP contribution in [0.25, 0.3) is 0 Å². The molecule has 1 aromatic rings. The number of rotatable bonds is 1. The van der Waals surface area contributed by atoms with E-state index in [4.69, 9.17) is 0 Å². The van der Waals surface area contributed by atoms with E-state index in [1.54, 1.807) is 0 Å². The zero-order valence-electron chi connectivity index (χ0n) is 8.82. The van der Waals surface area contributed by atoms with Crippen LogP contribution in [-0.2, 0) is 6.42 Å². The number of benzene rings is 1. The maximum atomic E-state index is 9.58. The van der Waals surface area contributed by atoms with E-state index in [0.29, 0.717) is 0 Å². The van der Waals surface area contributed by atoms with Gasteiger partial charge in [0.2, 0.25) is 0 Å². The molecule has 1 fully saturated rings. The fourth-order valence-corrected chi connectivity index (χ4v) is 1.99. The fraction of sp³-hybridized carbons (Fsp3) is 0.429. The summed E-state index contributed by atoms with van der Waals surface area (Å²) in [5.41, 5.74) is 1.25. The lowest BCUT2D eigenvalue weighted by molar-refractivity contribution is 0.157. The van der Waals surface area contributed by atoms with Crippen LogP contribution >= 0.6 is 0 Å². The summed E-state index contributed by atoms with van der Waals surface area (Å²) in [4.78, 5) is 0. The van der Waals surface area contributed by atoms with Gasteiger partial charge in [0.15, 0.2) is 0 Å². The first-order chi connectivity index (χ1) is 7.36. The lowest BCUT2D eigenvalue weighted by Gasteiger charge is -2.04. The SMILES string of the molecule is O[C@@H]1CCC[C@H]1C#CCc1ccccc1. The van der Waals surface area contributed by atoms with Gasteiger partial charge in [-0.25, -0.2) is 0 Å². The molecule has 1 saturated carbocycles. The molecule has 1 aliphatic rings. The molecule has 2 rings (SSSR count). The van der Waals surface area contributed by atoms with Gasteiger partial charge in [-0.05, 0) is 24.8 Å². The second-order valence-corrected chi connectivity index (χ2v) is 4.09. The molecule has 0 bridgehead atoms. The Balaban J connectivity index is 1.90. The van der Waals surface area contributed by atoms with E-state index in [-0.39, 0.29) is 12.0 Å². The Morgan fingerprint density at radius 3 is 2.67 bits per heavy atom. The fourth-order valence-electron chi connectivity index (χ4n) is 1.99. The molecule has 0 heterocycles. The quantitative estimate of drug-likeness (QED) is 0.690. The van der Waals surface area contributed by atoms with Gasteiger partial charge in [-0.1, -0.05) is 42.2 Å². The van der Waals surface area contributed by atoms with Crippen LogP contribution in [0.5, 0.6) is 0 Å². The zero-order chi connectivity index (χ0) is 10.5. The predicted molar refractivity (Wildman–Crippen MR) is 61.3 cm³/mol. The summed E-state index contributed by atoms with van der Waals surface area (Å²) in [7, 11) is 0. The monoisotopic (exact) mass is 200 g/mol. The molecule has 0 unspecified atom stereocenters. The number of hydrogen-bond donors (Lipinski definition) is 1. The average Bonchev–Trinajstić information content (AvgIpc) is 2.66. The third-order valence-corrected chi connectivity index (χ3v) is 2.90. The lowest BCUT2D eigenvalue weighted by atomic mass is 10.1. The van der Waals surface area contributed by atoms with Gasteiger partial charge in [0.25, 0.3) is 0 Å². The number of hydrogen-bond acceptors (Lipinski definition) is 1. The van der Waals surface area contributed by atoms with Crippen LogP contribution in [-0.4, -0.2) is 11.2 Å². The minimum absolute atomic E-state index is 0.187. The van der Waals surface area contributed by atoms with Gasteiger partial charge in [-0.15, -0.1) is 0 Å². The highest BCUT2D eigenvalue weighted by Gasteiger charge is 2.22. The van der Waals surface area contributed by atoms with E-state index < -0.39 is 0 Å². The molecule has 0 spiro atoms. The highest BCUT2D eigenvalue weighted by atomic mass is 16.3. The third kappa shape index (κ3) is 2.84.